The maximum absolute atomic E-state index is 13.7. The lowest BCUT2D eigenvalue weighted by molar-refractivity contribution is 0.0788. The number of carbonyl (C=O) groups is 1. The van der Waals surface area contributed by atoms with Crippen LogP contribution in [-0.4, -0.2) is 23.9 Å². The van der Waals surface area contributed by atoms with Crippen LogP contribution in [0.25, 0.3) is 0 Å². The molecule has 0 radical (unpaired) electrons. The van der Waals surface area contributed by atoms with E-state index in [1.165, 1.54) is 12.1 Å². The van der Waals surface area contributed by atoms with E-state index in [2.05, 4.69) is 0 Å². The summed E-state index contributed by atoms with van der Waals surface area (Å²) in [5, 5.41) is -0.0659. The summed E-state index contributed by atoms with van der Waals surface area (Å²) >= 11 is 11.3. The van der Waals surface area contributed by atoms with Crippen molar-refractivity contribution < 1.29 is 9.18 Å². The molecule has 5 heteroatoms. The normalized spacial score (nSPS) is 15.6. The van der Waals surface area contributed by atoms with E-state index >= 15 is 0 Å². The summed E-state index contributed by atoms with van der Waals surface area (Å²) in [6.07, 6.45) is 1.93. The zero-order valence-electron chi connectivity index (χ0n) is 8.47. The van der Waals surface area contributed by atoms with E-state index in [1.54, 1.807) is 4.90 Å². The van der Waals surface area contributed by atoms with Gasteiger partial charge in [-0.15, -0.1) is 0 Å². The third-order valence-corrected chi connectivity index (χ3v) is 3.44. The fourth-order valence-electron chi connectivity index (χ4n) is 1.78. The number of likely N-dealkylation sites (tertiary alicyclic amines) is 1. The lowest BCUT2D eigenvalue weighted by Gasteiger charge is -2.16. The van der Waals surface area contributed by atoms with Crippen LogP contribution >= 0.6 is 23.2 Å². The monoisotopic (exact) mass is 261 g/mol. The van der Waals surface area contributed by atoms with Gasteiger partial charge in [-0.3, -0.25) is 4.79 Å². The van der Waals surface area contributed by atoms with Crippen molar-refractivity contribution in [2.24, 2.45) is 0 Å². The van der Waals surface area contributed by atoms with Gasteiger partial charge in [0.1, 0.15) is 0 Å². The lowest BCUT2D eigenvalue weighted by atomic mass is 10.2. The fourth-order valence-corrected chi connectivity index (χ4v) is 2.09. The van der Waals surface area contributed by atoms with Crippen LogP contribution in [0, 0.1) is 5.82 Å². The number of amides is 1. The molecule has 1 amide bonds. The zero-order chi connectivity index (χ0) is 11.7. The molecule has 0 N–H and O–H groups in total. The Balaban J connectivity index is 2.33. The van der Waals surface area contributed by atoms with Gasteiger partial charge in [0, 0.05) is 13.1 Å². The molecule has 1 aromatic rings. The first kappa shape index (κ1) is 11.7. The first-order valence-electron chi connectivity index (χ1n) is 5.04. The number of hydrogen-bond donors (Lipinski definition) is 0. The summed E-state index contributed by atoms with van der Waals surface area (Å²) < 4.78 is 13.7. The Morgan fingerprint density at radius 2 is 1.88 bits per heavy atom. The Morgan fingerprint density at radius 1 is 1.25 bits per heavy atom. The molecule has 1 heterocycles. The molecule has 1 fully saturated rings. The number of nitrogens with zero attached hydrogens (tertiary/aromatic N) is 1. The molecule has 1 aromatic carbocycles. The van der Waals surface area contributed by atoms with Crippen molar-refractivity contribution >= 4 is 29.1 Å². The molecule has 0 bridgehead atoms. The highest BCUT2D eigenvalue weighted by Crippen LogP contribution is 2.28. The standard InChI is InChI=1S/C11H10Cl2FNO/c12-8-4-3-7(10(14)9(8)13)11(16)15-5-1-2-6-15/h3-4H,1-2,5-6H2. The van der Waals surface area contributed by atoms with Crippen LogP contribution in [0.15, 0.2) is 12.1 Å². The molecule has 1 aliphatic rings. The number of benzene rings is 1. The Morgan fingerprint density at radius 3 is 2.50 bits per heavy atom. The molecule has 0 spiro atoms. The largest absolute Gasteiger partial charge is 0.339 e. The maximum atomic E-state index is 13.7. The van der Waals surface area contributed by atoms with Crippen molar-refractivity contribution in [2.75, 3.05) is 13.1 Å². The van der Waals surface area contributed by atoms with Gasteiger partial charge in [-0.2, -0.15) is 0 Å². The summed E-state index contributed by atoms with van der Waals surface area (Å²) in [5.74, 6) is -1.04. The average molecular weight is 262 g/mol. The van der Waals surface area contributed by atoms with Crippen LogP contribution in [0.4, 0.5) is 4.39 Å². The van der Waals surface area contributed by atoms with Crippen LogP contribution in [0.3, 0.4) is 0 Å². The van der Waals surface area contributed by atoms with E-state index in [1.807, 2.05) is 0 Å². The Bertz CT molecular complexity index is 430. The second kappa shape index (κ2) is 4.60. The van der Waals surface area contributed by atoms with Gasteiger partial charge in [-0.1, -0.05) is 23.2 Å². The topological polar surface area (TPSA) is 20.3 Å². The van der Waals surface area contributed by atoms with Gasteiger partial charge in [0.2, 0.25) is 0 Å². The van der Waals surface area contributed by atoms with Crippen LogP contribution in [-0.2, 0) is 0 Å². The number of rotatable bonds is 1. The smallest absolute Gasteiger partial charge is 0.256 e. The van der Waals surface area contributed by atoms with Crippen molar-refractivity contribution in [2.45, 2.75) is 12.8 Å². The second-order valence-corrected chi connectivity index (χ2v) is 4.51. The second-order valence-electron chi connectivity index (χ2n) is 3.72. The van der Waals surface area contributed by atoms with Gasteiger partial charge in [-0.05, 0) is 25.0 Å². The van der Waals surface area contributed by atoms with Crippen molar-refractivity contribution in [3.8, 4) is 0 Å². The number of halogens is 3. The van der Waals surface area contributed by atoms with Crippen molar-refractivity contribution in [3.05, 3.63) is 33.6 Å². The zero-order valence-corrected chi connectivity index (χ0v) is 9.98. The molecule has 0 atom stereocenters. The lowest BCUT2D eigenvalue weighted by Crippen LogP contribution is -2.28. The van der Waals surface area contributed by atoms with E-state index in [4.69, 9.17) is 23.2 Å². The SMILES string of the molecule is O=C(c1ccc(Cl)c(Cl)c1F)N1CCCC1. The van der Waals surface area contributed by atoms with Crippen molar-refractivity contribution in [1.29, 1.82) is 0 Å². The number of carbonyl (C=O) groups excluding carboxylic acids is 1. The molecule has 0 saturated carbocycles. The summed E-state index contributed by atoms with van der Waals surface area (Å²) in [4.78, 5) is 13.5. The molecule has 0 aliphatic carbocycles. The minimum Gasteiger partial charge on any atom is -0.339 e. The molecule has 0 unspecified atom stereocenters. The van der Waals surface area contributed by atoms with Crippen LogP contribution in [0.5, 0.6) is 0 Å². The van der Waals surface area contributed by atoms with Gasteiger partial charge in [0.15, 0.2) is 5.82 Å². The van der Waals surface area contributed by atoms with Gasteiger partial charge >= 0.3 is 0 Å². The third kappa shape index (κ3) is 2.02. The molecular formula is C11H10Cl2FNO. The quantitative estimate of drug-likeness (QED) is 0.710. The van der Waals surface area contributed by atoms with Gasteiger partial charge in [0.25, 0.3) is 5.91 Å². The van der Waals surface area contributed by atoms with E-state index in [0.29, 0.717) is 13.1 Å². The van der Waals surface area contributed by atoms with Crippen molar-refractivity contribution in [3.63, 3.8) is 0 Å². The van der Waals surface area contributed by atoms with E-state index in [0.717, 1.165) is 12.8 Å². The third-order valence-electron chi connectivity index (χ3n) is 2.66. The van der Waals surface area contributed by atoms with Crippen LogP contribution < -0.4 is 0 Å². The first-order chi connectivity index (χ1) is 7.61. The highest BCUT2D eigenvalue weighted by atomic mass is 35.5. The maximum Gasteiger partial charge on any atom is 0.256 e. The first-order valence-corrected chi connectivity index (χ1v) is 5.79. The highest BCUT2D eigenvalue weighted by Gasteiger charge is 2.23. The fraction of sp³-hybridized carbons (Fsp3) is 0.364. The minimum atomic E-state index is -0.730. The summed E-state index contributed by atoms with van der Waals surface area (Å²) in [6, 6.07) is 2.82. The average Bonchev–Trinajstić information content (AvgIpc) is 2.79. The summed E-state index contributed by atoms with van der Waals surface area (Å²) in [7, 11) is 0. The molecule has 2 rings (SSSR count). The highest BCUT2D eigenvalue weighted by molar-refractivity contribution is 6.42. The molecule has 1 saturated heterocycles. The van der Waals surface area contributed by atoms with E-state index in [9.17, 15) is 9.18 Å². The Kier molecular flexibility index (Phi) is 3.36. The molecule has 0 aromatic heterocycles. The predicted octanol–water partition coefficient (Wildman–Crippen LogP) is 3.37. The van der Waals surface area contributed by atoms with Crippen LogP contribution in [0.2, 0.25) is 10.0 Å². The summed E-state index contributed by atoms with van der Waals surface area (Å²) in [5.41, 5.74) is -0.00343. The Hall–Kier alpha value is -0.800. The van der Waals surface area contributed by atoms with Gasteiger partial charge < -0.3 is 4.90 Å². The minimum absolute atomic E-state index is 0.00343. The van der Waals surface area contributed by atoms with Crippen LogP contribution in [0.1, 0.15) is 23.2 Å². The number of hydrogen-bond acceptors (Lipinski definition) is 1. The van der Waals surface area contributed by atoms with Crippen molar-refractivity contribution in [1.82, 2.24) is 4.90 Å². The molecule has 16 heavy (non-hydrogen) atoms. The van der Waals surface area contributed by atoms with E-state index in [-0.39, 0.29) is 21.5 Å². The molecular weight excluding hydrogens is 252 g/mol. The Labute approximate surface area is 103 Å². The molecule has 1 aliphatic heterocycles. The molecule has 86 valence electrons. The predicted molar refractivity (Wildman–Crippen MR) is 61.6 cm³/mol. The summed E-state index contributed by atoms with van der Waals surface area (Å²) in [6.45, 7) is 1.36. The van der Waals surface area contributed by atoms with Gasteiger partial charge in [-0.25, -0.2) is 4.39 Å². The molecule has 2 nitrogen and oxygen atoms in total. The van der Waals surface area contributed by atoms with Gasteiger partial charge in [0.05, 0.1) is 15.6 Å². The van der Waals surface area contributed by atoms with E-state index < -0.39 is 5.82 Å².